The third-order valence-corrected chi connectivity index (χ3v) is 2.86. The third-order valence-electron chi connectivity index (χ3n) is 2.57. The first-order valence-electron chi connectivity index (χ1n) is 5.33. The van der Waals surface area contributed by atoms with E-state index in [4.69, 9.17) is 22.2 Å². The maximum absolute atomic E-state index is 6.07. The molecular weight excluding hydrogens is 226 g/mol. The molecule has 1 aromatic rings. The molecule has 0 heterocycles. The van der Waals surface area contributed by atoms with Crippen molar-refractivity contribution in [3.05, 3.63) is 28.3 Å². The molecule has 16 heavy (non-hydrogen) atoms. The van der Waals surface area contributed by atoms with Crippen LogP contribution in [-0.4, -0.2) is 13.7 Å². The van der Waals surface area contributed by atoms with E-state index in [9.17, 15) is 0 Å². The van der Waals surface area contributed by atoms with Crippen LogP contribution in [0.5, 0.6) is 5.75 Å². The van der Waals surface area contributed by atoms with Gasteiger partial charge in [0, 0.05) is 0 Å². The number of aryl methyl sites for hydroxylation is 2. The van der Waals surface area contributed by atoms with Crippen molar-refractivity contribution in [2.24, 2.45) is 5.90 Å². The average Bonchev–Trinajstić information content (AvgIpc) is 2.28. The Morgan fingerprint density at radius 1 is 1.31 bits per heavy atom. The lowest BCUT2D eigenvalue weighted by molar-refractivity contribution is 0.134. The van der Waals surface area contributed by atoms with E-state index in [1.165, 1.54) is 11.1 Å². The predicted molar refractivity (Wildman–Crippen MR) is 65.8 cm³/mol. The van der Waals surface area contributed by atoms with E-state index in [1.807, 2.05) is 12.1 Å². The van der Waals surface area contributed by atoms with Crippen molar-refractivity contribution in [1.82, 2.24) is 0 Å². The molecule has 0 amide bonds. The van der Waals surface area contributed by atoms with Crippen LogP contribution in [0.2, 0.25) is 5.02 Å². The van der Waals surface area contributed by atoms with Crippen molar-refractivity contribution in [2.75, 3.05) is 13.7 Å². The standard InChI is InChI=1S/C12H18ClNO2/c1-9-7-12(15-2)11(13)8-10(9)5-3-4-6-16-14/h7-8H,3-6,14H2,1-2H3. The largest absolute Gasteiger partial charge is 0.495 e. The third kappa shape index (κ3) is 3.67. The van der Waals surface area contributed by atoms with Gasteiger partial charge >= 0.3 is 0 Å². The molecule has 0 saturated heterocycles. The van der Waals surface area contributed by atoms with E-state index in [0.29, 0.717) is 11.6 Å². The van der Waals surface area contributed by atoms with Gasteiger partial charge in [0.05, 0.1) is 18.7 Å². The van der Waals surface area contributed by atoms with Crippen molar-refractivity contribution in [3.63, 3.8) is 0 Å². The van der Waals surface area contributed by atoms with Gasteiger partial charge in [-0.2, -0.15) is 0 Å². The highest BCUT2D eigenvalue weighted by molar-refractivity contribution is 6.32. The first kappa shape index (κ1) is 13.3. The highest BCUT2D eigenvalue weighted by Crippen LogP contribution is 2.28. The summed E-state index contributed by atoms with van der Waals surface area (Å²) in [5.74, 6) is 5.69. The quantitative estimate of drug-likeness (QED) is 0.617. The summed E-state index contributed by atoms with van der Waals surface area (Å²) in [5.41, 5.74) is 2.46. The number of hydrogen-bond donors (Lipinski definition) is 1. The zero-order valence-electron chi connectivity index (χ0n) is 9.75. The second-order valence-electron chi connectivity index (χ2n) is 3.74. The minimum Gasteiger partial charge on any atom is -0.495 e. The van der Waals surface area contributed by atoms with Gasteiger partial charge in [-0.15, -0.1) is 0 Å². The van der Waals surface area contributed by atoms with E-state index in [0.717, 1.165) is 25.0 Å². The van der Waals surface area contributed by atoms with Crippen molar-refractivity contribution >= 4 is 11.6 Å². The Kier molecular flexibility index (Phi) is 5.60. The van der Waals surface area contributed by atoms with Gasteiger partial charge in [0.2, 0.25) is 0 Å². The summed E-state index contributed by atoms with van der Waals surface area (Å²) in [4.78, 5) is 4.52. The highest BCUT2D eigenvalue weighted by atomic mass is 35.5. The molecule has 0 unspecified atom stereocenters. The Bertz CT molecular complexity index is 342. The van der Waals surface area contributed by atoms with E-state index < -0.39 is 0 Å². The van der Waals surface area contributed by atoms with Crippen LogP contribution >= 0.6 is 11.6 Å². The van der Waals surface area contributed by atoms with Gasteiger partial charge in [-0.3, -0.25) is 0 Å². The van der Waals surface area contributed by atoms with Crippen LogP contribution in [0.3, 0.4) is 0 Å². The van der Waals surface area contributed by atoms with E-state index in [2.05, 4.69) is 11.8 Å². The number of benzene rings is 1. The van der Waals surface area contributed by atoms with E-state index in [1.54, 1.807) is 7.11 Å². The molecule has 90 valence electrons. The van der Waals surface area contributed by atoms with Gasteiger partial charge in [-0.25, -0.2) is 5.90 Å². The number of ether oxygens (including phenoxy) is 1. The first-order valence-corrected chi connectivity index (χ1v) is 5.71. The zero-order chi connectivity index (χ0) is 12.0. The summed E-state index contributed by atoms with van der Waals surface area (Å²) in [7, 11) is 1.62. The fourth-order valence-corrected chi connectivity index (χ4v) is 1.89. The number of methoxy groups -OCH3 is 1. The van der Waals surface area contributed by atoms with Gasteiger partial charge in [0.15, 0.2) is 0 Å². The fourth-order valence-electron chi connectivity index (χ4n) is 1.62. The van der Waals surface area contributed by atoms with Crippen molar-refractivity contribution in [2.45, 2.75) is 26.2 Å². The van der Waals surface area contributed by atoms with Crippen LogP contribution in [0.1, 0.15) is 24.0 Å². The van der Waals surface area contributed by atoms with Gasteiger partial charge in [0.1, 0.15) is 5.75 Å². The van der Waals surface area contributed by atoms with Crippen LogP contribution < -0.4 is 10.6 Å². The molecule has 0 aliphatic rings. The van der Waals surface area contributed by atoms with Crippen LogP contribution in [0, 0.1) is 6.92 Å². The summed E-state index contributed by atoms with van der Waals surface area (Å²) in [6.45, 7) is 2.66. The van der Waals surface area contributed by atoms with Gasteiger partial charge < -0.3 is 9.57 Å². The first-order chi connectivity index (χ1) is 7.69. The summed E-state index contributed by atoms with van der Waals surface area (Å²) in [5, 5.41) is 0.665. The molecule has 0 saturated carbocycles. The van der Waals surface area contributed by atoms with Gasteiger partial charge in [0.25, 0.3) is 0 Å². The SMILES string of the molecule is COc1cc(C)c(CCCCON)cc1Cl. The second kappa shape index (κ2) is 6.74. The average molecular weight is 244 g/mol. The molecule has 0 fully saturated rings. The van der Waals surface area contributed by atoms with Crippen molar-refractivity contribution in [1.29, 1.82) is 0 Å². The maximum Gasteiger partial charge on any atom is 0.137 e. The normalized spacial score (nSPS) is 10.5. The number of rotatable bonds is 6. The molecular formula is C12H18ClNO2. The zero-order valence-corrected chi connectivity index (χ0v) is 10.5. The lowest BCUT2D eigenvalue weighted by Gasteiger charge is -2.10. The van der Waals surface area contributed by atoms with E-state index >= 15 is 0 Å². The van der Waals surface area contributed by atoms with Crippen LogP contribution in [0.25, 0.3) is 0 Å². The lowest BCUT2D eigenvalue weighted by Crippen LogP contribution is -2.01. The maximum atomic E-state index is 6.07. The second-order valence-corrected chi connectivity index (χ2v) is 4.15. The summed E-state index contributed by atoms with van der Waals surface area (Å²) in [6.07, 6.45) is 2.99. The molecule has 1 rings (SSSR count). The summed E-state index contributed by atoms with van der Waals surface area (Å²) >= 11 is 6.07. The smallest absolute Gasteiger partial charge is 0.137 e. The molecule has 4 heteroatoms. The highest BCUT2D eigenvalue weighted by Gasteiger charge is 2.05. The van der Waals surface area contributed by atoms with E-state index in [-0.39, 0.29) is 0 Å². The minimum atomic E-state index is 0.600. The molecule has 0 aliphatic heterocycles. The fraction of sp³-hybridized carbons (Fsp3) is 0.500. The molecule has 3 nitrogen and oxygen atoms in total. The monoisotopic (exact) mass is 243 g/mol. The topological polar surface area (TPSA) is 44.5 Å². The van der Waals surface area contributed by atoms with Crippen molar-refractivity contribution < 1.29 is 9.57 Å². The lowest BCUT2D eigenvalue weighted by atomic mass is 10.0. The molecule has 0 bridgehead atoms. The number of unbranched alkanes of at least 4 members (excludes halogenated alkanes) is 1. The Morgan fingerprint density at radius 3 is 2.69 bits per heavy atom. The Balaban J connectivity index is 2.63. The van der Waals surface area contributed by atoms with Crippen LogP contribution in [-0.2, 0) is 11.3 Å². The minimum absolute atomic E-state index is 0.600. The number of halogens is 1. The van der Waals surface area contributed by atoms with Crippen LogP contribution in [0.4, 0.5) is 0 Å². The van der Waals surface area contributed by atoms with Crippen LogP contribution in [0.15, 0.2) is 12.1 Å². The van der Waals surface area contributed by atoms with Crippen molar-refractivity contribution in [3.8, 4) is 5.75 Å². The molecule has 0 atom stereocenters. The van der Waals surface area contributed by atoms with Gasteiger partial charge in [-0.05, 0) is 49.4 Å². The van der Waals surface area contributed by atoms with Gasteiger partial charge in [-0.1, -0.05) is 11.6 Å². The molecule has 0 radical (unpaired) electrons. The molecule has 1 aromatic carbocycles. The number of nitrogens with two attached hydrogens (primary N) is 1. The molecule has 0 spiro atoms. The molecule has 0 aliphatic carbocycles. The Morgan fingerprint density at radius 2 is 2.06 bits per heavy atom. The predicted octanol–water partition coefficient (Wildman–Crippen LogP) is 2.87. The summed E-state index contributed by atoms with van der Waals surface area (Å²) in [6, 6.07) is 3.94. The molecule has 2 N–H and O–H groups in total. The Labute approximate surface area is 101 Å². The summed E-state index contributed by atoms with van der Waals surface area (Å²) < 4.78 is 5.16. The number of hydrogen-bond acceptors (Lipinski definition) is 3. The molecule has 0 aromatic heterocycles. The Hall–Kier alpha value is -0.770.